The van der Waals surface area contributed by atoms with E-state index in [2.05, 4.69) is 13.8 Å². The van der Waals surface area contributed by atoms with E-state index >= 15 is 0 Å². The van der Waals surface area contributed by atoms with Gasteiger partial charge in [-0.05, 0) is 31.2 Å². The molecule has 0 aromatic heterocycles. The summed E-state index contributed by atoms with van der Waals surface area (Å²) >= 11 is 0. The van der Waals surface area contributed by atoms with Gasteiger partial charge >= 0.3 is 0 Å². The van der Waals surface area contributed by atoms with Gasteiger partial charge in [-0.1, -0.05) is 13.8 Å². The third-order valence-electron chi connectivity index (χ3n) is 4.68. The van der Waals surface area contributed by atoms with Crippen molar-refractivity contribution in [1.29, 1.82) is 0 Å². The van der Waals surface area contributed by atoms with E-state index in [9.17, 15) is 9.59 Å². The van der Waals surface area contributed by atoms with Gasteiger partial charge in [-0.2, -0.15) is 0 Å². The average molecular weight is 281 g/mol. The Kier molecular flexibility index (Phi) is 4.68. The van der Waals surface area contributed by atoms with Crippen LogP contribution < -0.4 is 5.73 Å². The molecule has 1 unspecified atom stereocenters. The van der Waals surface area contributed by atoms with Crippen LogP contribution in [0.4, 0.5) is 0 Å². The Hall–Kier alpha value is -1.10. The Morgan fingerprint density at radius 3 is 2.80 bits per heavy atom. The topological polar surface area (TPSA) is 66.6 Å². The van der Waals surface area contributed by atoms with E-state index in [1.165, 1.54) is 0 Å². The number of carbonyl (C=O) groups excluding carboxylic acids is 2. The Labute approximate surface area is 121 Å². The zero-order valence-electron chi connectivity index (χ0n) is 12.7. The molecule has 0 aromatic rings. The molecular weight excluding hydrogens is 254 g/mol. The molecule has 5 heteroatoms. The van der Waals surface area contributed by atoms with Gasteiger partial charge in [-0.3, -0.25) is 9.59 Å². The standard InChI is InChI=1S/C15H27N3O2/c1-15(2,7-8-16)6-5-13(19)17-9-10-18-12(11-17)3-4-14(18)20/h12H,3-11,16H2,1-2H3. The van der Waals surface area contributed by atoms with Crippen molar-refractivity contribution in [3.8, 4) is 0 Å². The number of rotatable bonds is 5. The largest absolute Gasteiger partial charge is 0.339 e. The van der Waals surface area contributed by atoms with Crippen molar-refractivity contribution in [3.63, 3.8) is 0 Å². The molecule has 2 amide bonds. The highest BCUT2D eigenvalue weighted by Gasteiger charge is 2.36. The Bertz CT molecular complexity index is 381. The van der Waals surface area contributed by atoms with Gasteiger partial charge < -0.3 is 15.5 Å². The summed E-state index contributed by atoms with van der Waals surface area (Å²) in [6, 6.07) is 0.261. The first-order valence-corrected chi connectivity index (χ1v) is 7.70. The lowest BCUT2D eigenvalue weighted by Crippen LogP contribution is -2.53. The fraction of sp³-hybridized carbons (Fsp3) is 0.867. The first kappa shape index (κ1) is 15.3. The van der Waals surface area contributed by atoms with Crippen molar-refractivity contribution in [2.24, 2.45) is 11.1 Å². The van der Waals surface area contributed by atoms with Crippen LogP contribution >= 0.6 is 0 Å². The van der Waals surface area contributed by atoms with Crippen LogP contribution in [0.3, 0.4) is 0 Å². The summed E-state index contributed by atoms with van der Waals surface area (Å²) in [5.41, 5.74) is 5.74. The molecule has 0 saturated carbocycles. The van der Waals surface area contributed by atoms with Gasteiger partial charge in [0, 0.05) is 38.5 Å². The highest BCUT2D eigenvalue weighted by Crippen LogP contribution is 2.27. The van der Waals surface area contributed by atoms with E-state index in [0.717, 1.165) is 25.8 Å². The SMILES string of the molecule is CC(C)(CCN)CCC(=O)N1CCN2C(=O)CCC2C1. The van der Waals surface area contributed by atoms with Crippen molar-refractivity contribution in [3.05, 3.63) is 0 Å². The van der Waals surface area contributed by atoms with Gasteiger partial charge in [0.05, 0.1) is 0 Å². The zero-order chi connectivity index (χ0) is 14.8. The Morgan fingerprint density at radius 1 is 1.35 bits per heavy atom. The van der Waals surface area contributed by atoms with Gasteiger partial charge in [0.1, 0.15) is 0 Å². The van der Waals surface area contributed by atoms with Gasteiger partial charge in [-0.25, -0.2) is 0 Å². The van der Waals surface area contributed by atoms with Crippen molar-refractivity contribution >= 4 is 11.8 Å². The molecule has 0 aliphatic carbocycles. The van der Waals surface area contributed by atoms with E-state index in [1.807, 2.05) is 9.80 Å². The third-order valence-corrected chi connectivity index (χ3v) is 4.68. The molecule has 0 bridgehead atoms. The van der Waals surface area contributed by atoms with Gasteiger partial charge in [0.2, 0.25) is 11.8 Å². The number of piperazine rings is 1. The molecule has 2 heterocycles. The molecule has 2 saturated heterocycles. The fourth-order valence-electron chi connectivity index (χ4n) is 3.21. The minimum absolute atomic E-state index is 0.134. The van der Waals surface area contributed by atoms with E-state index in [-0.39, 0.29) is 23.3 Å². The molecule has 1 atom stereocenters. The summed E-state index contributed by atoms with van der Waals surface area (Å²) in [5.74, 6) is 0.486. The maximum Gasteiger partial charge on any atom is 0.223 e. The smallest absolute Gasteiger partial charge is 0.223 e. The maximum atomic E-state index is 12.3. The first-order chi connectivity index (χ1) is 9.43. The van der Waals surface area contributed by atoms with Crippen molar-refractivity contribution in [2.75, 3.05) is 26.2 Å². The highest BCUT2D eigenvalue weighted by atomic mass is 16.2. The zero-order valence-corrected chi connectivity index (χ0v) is 12.7. The molecule has 2 fully saturated rings. The van der Waals surface area contributed by atoms with E-state index in [0.29, 0.717) is 32.5 Å². The minimum atomic E-state index is 0.134. The molecule has 5 nitrogen and oxygen atoms in total. The number of amides is 2. The van der Waals surface area contributed by atoms with Gasteiger partial charge in [0.25, 0.3) is 0 Å². The second-order valence-electron chi connectivity index (χ2n) is 6.82. The summed E-state index contributed by atoms with van der Waals surface area (Å²) in [4.78, 5) is 27.8. The average Bonchev–Trinajstić information content (AvgIpc) is 2.77. The van der Waals surface area contributed by atoms with E-state index < -0.39 is 0 Å². The van der Waals surface area contributed by atoms with Gasteiger partial charge in [-0.15, -0.1) is 0 Å². The normalized spacial score (nSPS) is 23.1. The molecule has 0 spiro atoms. The number of fused-ring (bicyclic) bond motifs is 1. The molecule has 2 rings (SSSR count). The van der Waals surface area contributed by atoms with Crippen LogP contribution in [0.25, 0.3) is 0 Å². The number of nitrogens with zero attached hydrogens (tertiary/aromatic N) is 2. The molecule has 20 heavy (non-hydrogen) atoms. The van der Waals surface area contributed by atoms with Gasteiger partial charge in [0.15, 0.2) is 0 Å². The van der Waals surface area contributed by atoms with Crippen LogP contribution in [-0.4, -0.2) is 53.8 Å². The van der Waals surface area contributed by atoms with Crippen molar-refractivity contribution < 1.29 is 9.59 Å². The highest BCUT2D eigenvalue weighted by molar-refractivity contribution is 5.80. The van der Waals surface area contributed by atoms with Crippen LogP contribution in [-0.2, 0) is 9.59 Å². The molecule has 2 N–H and O–H groups in total. The number of nitrogens with two attached hydrogens (primary N) is 1. The van der Waals surface area contributed by atoms with Crippen LogP contribution in [0.1, 0.15) is 46.0 Å². The van der Waals surface area contributed by atoms with Crippen molar-refractivity contribution in [1.82, 2.24) is 9.80 Å². The lowest BCUT2D eigenvalue weighted by Gasteiger charge is -2.38. The predicted octanol–water partition coefficient (Wildman–Crippen LogP) is 0.975. The van der Waals surface area contributed by atoms with E-state index in [1.54, 1.807) is 0 Å². The monoisotopic (exact) mass is 281 g/mol. The number of carbonyl (C=O) groups is 2. The summed E-state index contributed by atoms with van der Waals surface area (Å²) in [5, 5.41) is 0. The fourth-order valence-corrected chi connectivity index (χ4v) is 3.21. The summed E-state index contributed by atoms with van der Waals surface area (Å²) in [6.07, 6.45) is 3.98. The maximum absolute atomic E-state index is 12.3. The summed E-state index contributed by atoms with van der Waals surface area (Å²) in [6.45, 7) is 7.13. The summed E-state index contributed by atoms with van der Waals surface area (Å²) < 4.78 is 0. The lowest BCUT2D eigenvalue weighted by atomic mass is 9.84. The van der Waals surface area contributed by atoms with Crippen LogP contribution in [0, 0.1) is 5.41 Å². The summed E-state index contributed by atoms with van der Waals surface area (Å²) in [7, 11) is 0. The molecular formula is C15H27N3O2. The third kappa shape index (κ3) is 3.51. The van der Waals surface area contributed by atoms with Crippen LogP contribution in [0.5, 0.6) is 0 Å². The molecule has 2 aliphatic heterocycles. The number of hydrogen-bond acceptors (Lipinski definition) is 3. The Balaban J connectivity index is 1.81. The predicted molar refractivity (Wildman–Crippen MR) is 78.0 cm³/mol. The second-order valence-corrected chi connectivity index (χ2v) is 6.82. The minimum Gasteiger partial charge on any atom is -0.339 e. The lowest BCUT2D eigenvalue weighted by molar-refractivity contribution is -0.139. The molecule has 2 aliphatic rings. The van der Waals surface area contributed by atoms with Crippen LogP contribution in [0.2, 0.25) is 0 Å². The van der Waals surface area contributed by atoms with Crippen molar-refractivity contribution in [2.45, 2.75) is 52.0 Å². The second kappa shape index (κ2) is 6.12. The molecule has 0 radical (unpaired) electrons. The molecule has 0 aromatic carbocycles. The van der Waals surface area contributed by atoms with E-state index in [4.69, 9.17) is 5.73 Å². The number of hydrogen-bond donors (Lipinski definition) is 1. The first-order valence-electron chi connectivity index (χ1n) is 7.70. The quantitative estimate of drug-likeness (QED) is 0.816. The Morgan fingerprint density at radius 2 is 2.10 bits per heavy atom. The van der Waals surface area contributed by atoms with Crippen LogP contribution in [0.15, 0.2) is 0 Å². The molecule has 114 valence electrons.